The van der Waals surface area contributed by atoms with E-state index in [0.717, 1.165) is 77.0 Å². The van der Waals surface area contributed by atoms with E-state index in [1.165, 1.54) is 167 Å². The van der Waals surface area contributed by atoms with Crippen molar-refractivity contribution in [3.63, 3.8) is 0 Å². The Labute approximate surface area is 465 Å². The largest absolute Gasteiger partial charge is 0.457 e. The number of esters is 1. The third kappa shape index (κ3) is 45.6. The van der Waals surface area contributed by atoms with E-state index in [4.69, 9.17) is 18.9 Å². The molecule has 0 spiro atoms. The molecule has 1 saturated heterocycles. The van der Waals surface area contributed by atoms with Crippen molar-refractivity contribution in [2.24, 2.45) is 0 Å². The molecule has 0 aromatic carbocycles. The lowest BCUT2D eigenvalue weighted by Gasteiger charge is -2.41. The van der Waals surface area contributed by atoms with E-state index in [9.17, 15) is 33.1 Å². The number of carbonyl (C=O) groups excluding carboxylic acids is 1. The predicted octanol–water partition coefficient (Wildman–Crippen LogP) is 16.0. The van der Waals surface area contributed by atoms with Gasteiger partial charge in [0.2, 0.25) is 0 Å². The third-order valence-electron chi connectivity index (χ3n) is 14.2. The van der Waals surface area contributed by atoms with Crippen LogP contribution >= 0.6 is 0 Å². The highest BCUT2D eigenvalue weighted by molar-refractivity contribution is 7.80. The molecule has 0 aromatic heterocycles. The maximum absolute atomic E-state index is 13.0. The second kappa shape index (κ2) is 53.4. The molecule has 76 heavy (non-hydrogen) atoms. The minimum absolute atomic E-state index is 0.0350. The standard InChI is InChI=1S/C63H114O12S/c1-3-5-7-9-11-13-15-17-19-21-23-25-27-29-30-32-34-36-38-40-42-44-46-48-50-52-59(65)73-57(56-72-63-61(67)62(75-76(68,69)70)60(66)58(54-64)74-63)55-71-53-51-49-47-45-43-41-39-37-35-33-31-28-26-24-22-20-18-16-14-12-10-8-6-4-2/h5,7,11,13,17,19,23,25,29-30,57-58,60-64,66-67H,3-4,6,8-10,12,14-16,18,20-22,24,26-28,31-56H2,1-2H3,(H,68,69,70)/b7-5-,13-11-,19-17-,25-23-,30-29-. The zero-order valence-corrected chi connectivity index (χ0v) is 49.1. The van der Waals surface area contributed by atoms with Gasteiger partial charge in [-0.1, -0.05) is 267 Å². The van der Waals surface area contributed by atoms with E-state index in [2.05, 4.69) is 78.8 Å². The van der Waals surface area contributed by atoms with Crippen molar-refractivity contribution >= 4 is 16.4 Å². The van der Waals surface area contributed by atoms with Crippen molar-refractivity contribution in [1.29, 1.82) is 0 Å². The average Bonchev–Trinajstić information content (AvgIpc) is 3.40. The van der Waals surface area contributed by atoms with Gasteiger partial charge < -0.3 is 34.3 Å². The summed E-state index contributed by atoms with van der Waals surface area (Å²) in [7, 11) is -5.07. The second-order valence-corrected chi connectivity index (χ2v) is 22.3. The zero-order chi connectivity index (χ0) is 55.3. The highest BCUT2D eigenvalue weighted by Crippen LogP contribution is 2.26. The first-order valence-corrected chi connectivity index (χ1v) is 32.4. The zero-order valence-electron chi connectivity index (χ0n) is 48.3. The van der Waals surface area contributed by atoms with Crippen LogP contribution in [0, 0.1) is 0 Å². The Bertz CT molecular complexity index is 1550. The van der Waals surface area contributed by atoms with Crippen LogP contribution in [-0.2, 0) is 38.3 Å². The van der Waals surface area contributed by atoms with Crippen molar-refractivity contribution in [2.75, 3.05) is 26.4 Å². The first-order valence-electron chi connectivity index (χ1n) is 31.0. The normalized spacial score (nSPS) is 18.9. The van der Waals surface area contributed by atoms with Gasteiger partial charge in [-0.15, -0.1) is 0 Å². The molecule has 0 amide bonds. The summed E-state index contributed by atoms with van der Waals surface area (Å²) in [5, 5.41) is 30.9. The molecule has 444 valence electrons. The Balaban J connectivity index is 2.26. The summed E-state index contributed by atoms with van der Waals surface area (Å²) in [6, 6.07) is 0. The Morgan fingerprint density at radius 3 is 1.33 bits per heavy atom. The molecular weight excluding hydrogens is 981 g/mol. The van der Waals surface area contributed by atoms with Crippen LogP contribution in [0.1, 0.15) is 271 Å². The van der Waals surface area contributed by atoms with Gasteiger partial charge in [0.1, 0.15) is 30.5 Å². The van der Waals surface area contributed by atoms with Crippen molar-refractivity contribution < 1.29 is 56.2 Å². The van der Waals surface area contributed by atoms with Crippen LogP contribution in [0.4, 0.5) is 0 Å². The minimum Gasteiger partial charge on any atom is -0.457 e. The number of ether oxygens (including phenoxy) is 4. The summed E-state index contributed by atoms with van der Waals surface area (Å²) in [6.45, 7) is 3.93. The predicted molar refractivity (Wildman–Crippen MR) is 313 cm³/mol. The van der Waals surface area contributed by atoms with E-state index in [0.29, 0.717) is 13.0 Å². The molecule has 6 unspecified atom stereocenters. The van der Waals surface area contributed by atoms with Crippen molar-refractivity contribution in [1.82, 2.24) is 0 Å². The van der Waals surface area contributed by atoms with Gasteiger partial charge in [-0.05, 0) is 57.8 Å². The fourth-order valence-electron chi connectivity index (χ4n) is 9.53. The number of unbranched alkanes of at least 4 members (excludes halogenated alkanes) is 32. The summed E-state index contributed by atoms with van der Waals surface area (Å²) in [4.78, 5) is 13.0. The van der Waals surface area contributed by atoms with Crippen LogP contribution in [0.5, 0.6) is 0 Å². The fraction of sp³-hybridized carbons (Fsp3) is 0.825. The summed E-state index contributed by atoms with van der Waals surface area (Å²) >= 11 is 0. The first kappa shape index (κ1) is 71.8. The summed E-state index contributed by atoms with van der Waals surface area (Å²) in [6.07, 6.45) is 61.2. The van der Waals surface area contributed by atoms with Crippen LogP contribution < -0.4 is 0 Å². The van der Waals surface area contributed by atoms with Gasteiger partial charge in [0, 0.05) is 13.0 Å². The molecule has 1 rings (SSSR count). The van der Waals surface area contributed by atoms with Crippen LogP contribution in [-0.4, -0.2) is 97.5 Å². The van der Waals surface area contributed by atoms with Crippen LogP contribution in [0.15, 0.2) is 60.8 Å². The molecule has 12 nitrogen and oxygen atoms in total. The van der Waals surface area contributed by atoms with Crippen molar-refractivity contribution in [3.8, 4) is 0 Å². The van der Waals surface area contributed by atoms with E-state index >= 15 is 0 Å². The van der Waals surface area contributed by atoms with Crippen LogP contribution in [0.25, 0.3) is 0 Å². The smallest absolute Gasteiger partial charge is 0.397 e. The van der Waals surface area contributed by atoms with E-state index < -0.39 is 59.8 Å². The molecule has 0 bridgehead atoms. The summed E-state index contributed by atoms with van der Waals surface area (Å²) in [5.41, 5.74) is 0. The van der Waals surface area contributed by atoms with Gasteiger partial charge in [0.25, 0.3) is 0 Å². The summed E-state index contributed by atoms with van der Waals surface area (Å²) < 4.78 is 59.5. The van der Waals surface area contributed by atoms with Crippen molar-refractivity contribution in [2.45, 2.75) is 307 Å². The molecule has 1 heterocycles. The monoisotopic (exact) mass is 1090 g/mol. The lowest BCUT2D eigenvalue weighted by molar-refractivity contribution is -0.301. The van der Waals surface area contributed by atoms with Gasteiger partial charge in [-0.3, -0.25) is 9.35 Å². The molecule has 0 saturated carbocycles. The highest BCUT2D eigenvalue weighted by Gasteiger charge is 2.48. The number of hydrogen-bond acceptors (Lipinski definition) is 11. The number of rotatable bonds is 55. The maximum Gasteiger partial charge on any atom is 0.397 e. The van der Waals surface area contributed by atoms with E-state index in [-0.39, 0.29) is 19.6 Å². The van der Waals surface area contributed by atoms with E-state index in [1.54, 1.807) is 0 Å². The Morgan fingerprint density at radius 1 is 0.513 bits per heavy atom. The highest BCUT2D eigenvalue weighted by atomic mass is 32.3. The fourth-order valence-corrected chi connectivity index (χ4v) is 10.0. The van der Waals surface area contributed by atoms with Gasteiger partial charge in [0.05, 0.1) is 19.8 Å². The molecule has 13 heteroatoms. The molecule has 1 fully saturated rings. The quantitative estimate of drug-likeness (QED) is 0.0196. The lowest BCUT2D eigenvalue weighted by atomic mass is 9.99. The first-order chi connectivity index (χ1) is 37.1. The van der Waals surface area contributed by atoms with Gasteiger partial charge in [0.15, 0.2) is 6.29 Å². The number of aliphatic hydroxyl groups excluding tert-OH is 3. The molecule has 0 aromatic rings. The van der Waals surface area contributed by atoms with E-state index in [1.807, 2.05) is 0 Å². The summed E-state index contributed by atoms with van der Waals surface area (Å²) in [5.74, 6) is -0.402. The number of aliphatic hydroxyl groups is 3. The number of hydrogen-bond donors (Lipinski definition) is 4. The van der Waals surface area contributed by atoms with Crippen LogP contribution in [0.3, 0.4) is 0 Å². The number of carbonyl (C=O) groups is 1. The molecule has 6 atom stereocenters. The number of allylic oxidation sites excluding steroid dienone is 10. The molecule has 4 N–H and O–H groups in total. The average molecular weight is 1100 g/mol. The maximum atomic E-state index is 13.0. The minimum atomic E-state index is -5.07. The van der Waals surface area contributed by atoms with Gasteiger partial charge >= 0.3 is 16.4 Å². The van der Waals surface area contributed by atoms with Gasteiger partial charge in [-0.25, -0.2) is 4.18 Å². The third-order valence-corrected chi connectivity index (χ3v) is 14.6. The topological polar surface area (TPSA) is 178 Å². The molecular formula is C63H114O12S. The Hall–Kier alpha value is -2.20. The molecule has 1 aliphatic rings. The molecule has 0 radical (unpaired) electrons. The van der Waals surface area contributed by atoms with Crippen LogP contribution in [0.2, 0.25) is 0 Å². The Morgan fingerprint density at radius 2 is 0.908 bits per heavy atom. The van der Waals surface area contributed by atoms with Crippen molar-refractivity contribution in [3.05, 3.63) is 60.8 Å². The van der Waals surface area contributed by atoms with Gasteiger partial charge in [-0.2, -0.15) is 8.42 Å². The molecule has 1 aliphatic heterocycles. The molecule has 0 aliphatic carbocycles. The Kier molecular flexibility index (Phi) is 50.5. The lowest BCUT2D eigenvalue weighted by Crippen LogP contribution is -2.60. The SMILES string of the molecule is CC/C=C\C/C=C\C/C=C\C/C=C\C/C=C\CCCCCCCCCCCC(=O)OC(COCCCCCCCCCCCCCCCCCCCCCCCCCC)COC1OC(CO)C(O)C(OS(=O)(=O)O)C1O. The second-order valence-electron chi connectivity index (χ2n) is 21.3.